The molecule has 0 radical (unpaired) electrons. The molecule has 1 aliphatic heterocycles. The van der Waals surface area contributed by atoms with Gasteiger partial charge in [0.15, 0.2) is 0 Å². The van der Waals surface area contributed by atoms with Crippen LogP contribution in [0.4, 0.5) is 0 Å². The SMILES string of the molecule is CCCCCN1CCc2cc(S(=O)(=O)Cl)c(OC)cc2C(c2ccccc2)C1. The number of ether oxygens (including phenoxy) is 1. The maximum absolute atomic E-state index is 12.0. The average molecular weight is 422 g/mol. The summed E-state index contributed by atoms with van der Waals surface area (Å²) in [6.07, 6.45) is 4.40. The standard InChI is InChI=1S/C22H28ClNO3S/c1-3-4-8-12-24-13-11-18-14-22(28(23,25)26)21(27-2)15-19(18)20(16-24)17-9-6-5-7-10-17/h5-7,9-10,14-15,20H,3-4,8,11-13,16H2,1-2H3. The second-order valence-corrected chi connectivity index (χ2v) is 9.90. The zero-order valence-electron chi connectivity index (χ0n) is 16.5. The second-order valence-electron chi connectivity index (χ2n) is 7.36. The molecule has 0 fully saturated rings. The molecule has 3 rings (SSSR count). The third-order valence-corrected chi connectivity index (χ3v) is 6.82. The molecule has 6 heteroatoms. The fourth-order valence-corrected chi connectivity index (χ4v) is 5.02. The molecule has 152 valence electrons. The molecular weight excluding hydrogens is 394 g/mol. The van der Waals surface area contributed by atoms with Crippen LogP contribution in [0.15, 0.2) is 47.4 Å². The topological polar surface area (TPSA) is 46.6 Å². The Morgan fingerprint density at radius 2 is 1.93 bits per heavy atom. The van der Waals surface area contributed by atoms with Crippen LogP contribution in [-0.4, -0.2) is 40.1 Å². The van der Waals surface area contributed by atoms with Crippen LogP contribution in [0.25, 0.3) is 0 Å². The molecule has 1 unspecified atom stereocenters. The molecule has 0 spiro atoms. The van der Waals surface area contributed by atoms with Gasteiger partial charge in [-0.25, -0.2) is 8.42 Å². The molecule has 0 amide bonds. The van der Waals surface area contributed by atoms with E-state index in [4.69, 9.17) is 15.4 Å². The van der Waals surface area contributed by atoms with E-state index in [1.165, 1.54) is 31.9 Å². The summed E-state index contributed by atoms with van der Waals surface area (Å²) in [7, 11) is 3.29. The van der Waals surface area contributed by atoms with Crippen molar-refractivity contribution in [2.24, 2.45) is 0 Å². The first-order valence-electron chi connectivity index (χ1n) is 9.86. The maximum Gasteiger partial charge on any atom is 0.264 e. The van der Waals surface area contributed by atoms with Gasteiger partial charge in [-0.3, -0.25) is 0 Å². The van der Waals surface area contributed by atoms with Crippen molar-refractivity contribution >= 4 is 19.7 Å². The minimum absolute atomic E-state index is 0.0571. The van der Waals surface area contributed by atoms with E-state index in [0.29, 0.717) is 5.75 Å². The van der Waals surface area contributed by atoms with Crippen molar-refractivity contribution in [3.05, 3.63) is 59.2 Å². The summed E-state index contributed by atoms with van der Waals surface area (Å²) in [5.41, 5.74) is 3.40. The van der Waals surface area contributed by atoms with Crippen molar-refractivity contribution in [1.82, 2.24) is 4.90 Å². The van der Waals surface area contributed by atoms with E-state index in [1.807, 2.05) is 12.1 Å². The molecule has 2 aromatic carbocycles. The van der Waals surface area contributed by atoms with Crippen LogP contribution in [0, 0.1) is 0 Å². The molecule has 0 N–H and O–H groups in total. The number of rotatable bonds is 7. The molecule has 4 nitrogen and oxygen atoms in total. The number of nitrogens with zero attached hydrogens (tertiary/aromatic N) is 1. The van der Waals surface area contributed by atoms with Gasteiger partial charge >= 0.3 is 0 Å². The number of hydrogen-bond donors (Lipinski definition) is 0. The van der Waals surface area contributed by atoms with E-state index in [0.717, 1.165) is 37.2 Å². The van der Waals surface area contributed by atoms with E-state index in [9.17, 15) is 8.42 Å². The van der Waals surface area contributed by atoms with Crippen molar-refractivity contribution in [1.29, 1.82) is 0 Å². The molecule has 1 atom stereocenters. The Kier molecular flexibility index (Phi) is 7.02. The number of hydrogen-bond acceptors (Lipinski definition) is 4. The monoisotopic (exact) mass is 421 g/mol. The summed E-state index contributed by atoms with van der Waals surface area (Å²) in [5, 5.41) is 0. The van der Waals surface area contributed by atoms with Crippen molar-refractivity contribution < 1.29 is 13.2 Å². The van der Waals surface area contributed by atoms with Gasteiger partial charge in [-0.15, -0.1) is 0 Å². The molecular formula is C22H28ClNO3S. The van der Waals surface area contributed by atoms with Crippen molar-refractivity contribution in [3.63, 3.8) is 0 Å². The van der Waals surface area contributed by atoms with Crippen LogP contribution >= 0.6 is 10.7 Å². The van der Waals surface area contributed by atoms with Gasteiger partial charge in [-0.2, -0.15) is 0 Å². The van der Waals surface area contributed by atoms with Crippen LogP contribution in [0.1, 0.15) is 48.8 Å². The second kappa shape index (κ2) is 9.29. The number of unbranched alkanes of at least 4 members (excludes halogenated alkanes) is 2. The summed E-state index contributed by atoms with van der Waals surface area (Å²) in [6, 6.07) is 14.0. The maximum atomic E-state index is 12.0. The number of fused-ring (bicyclic) bond motifs is 1. The average Bonchev–Trinajstić information content (AvgIpc) is 2.86. The van der Waals surface area contributed by atoms with E-state index in [2.05, 4.69) is 36.1 Å². The van der Waals surface area contributed by atoms with Crippen LogP contribution < -0.4 is 4.74 Å². The zero-order chi connectivity index (χ0) is 20.1. The zero-order valence-corrected chi connectivity index (χ0v) is 18.1. The predicted molar refractivity (Wildman–Crippen MR) is 114 cm³/mol. The minimum atomic E-state index is -3.87. The number of methoxy groups -OCH3 is 1. The molecule has 0 saturated heterocycles. The lowest BCUT2D eigenvalue weighted by molar-refractivity contribution is 0.270. The molecule has 0 aromatic heterocycles. The highest BCUT2D eigenvalue weighted by Gasteiger charge is 2.28. The smallest absolute Gasteiger partial charge is 0.264 e. The highest BCUT2D eigenvalue weighted by molar-refractivity contribution is 8.13. The van der Waals surface area contributed by atoms with Crippen LogP contribution in [-0.2, 0) is 15.5 Å². The molecule has 1 heterocycles. The Bertz CT molecular complexity index is 899. The summed E-state index contributed by atoms with van der Waals surface area (Å²) in [6.45, 7) is 5.10. The predicted octanol–water partition coefficient (Wildman–Crippen LogP) is 4.80. The Balaban J connectivity index is 2.05. The van der Waals surface area contributed by atoms with Gasteiger partial charge in [0.1, 0.15) is 10.6 Å². The van der Waals surface area contributed by atoms with E-state index in [1.54, 1.807) is 6.07 Å². The highest BCUT2D eigenvalue weighted by atomic mass is 35.7. The molecule has 1 aliphatic rings. The lowest BCUT2D eigenvalue weighted by Crippen LogP contribution is -2.29. The lowest BCUT2D eigenvalue weighted by atomic mass is 9.88. The molecule has 0 aliphatic carbocycles. The first kappa shape index (κ1) is 21.2. The molecule has 0 bridgehead atoms. The first-order chi connectivity index (χ1) is 13.4. The quantitative estimate of drug-likeness (QED) is 0.475. The third-order valence-electron chi connectivity index (χ3n) is 5.48. The van der Waals surface area contributed by atoms with Crippen molar-refractivity contribution in [2.45, 2.75) is 43.4 Å². The summed E-state index contributed by atoms with van der Waals surface area (Å²) in [4.78, 5) is 2.55. The molecule has 0 saturated carbocycles. The fourth-order valence-electron chi connectivity index (χ4n) is 3.99. The van der Waals surface area contributed by atoms with Crippen LogP contribution in [0.2, 0.25) is 0 Å². The van der Waals surface area contributed by atoms with Gasteiger partial charge in [-0.05, 0) is 48.2 Å². The minimum Gasteiger partial charge on any atom is -0.495 e. The highest BCUT2D eigenvalue weighted by Crippen LogP contribution is 2.38. The van der Waals surface area contributed by atoms with Crippen molar-refractivity contribution in [2.75, 3.05) is 26.7 Å². The number of halogens is 1. The Hall–Kier alpha value is -1.56. The molecule has 2 aromatic rings. The van der Waals surface area contributed by atoms with E-state index < -0.39 is 9.05 Å². The summed E-state index contributed by atoms with van der Waals surface area (Å²) >= 11 is 0. The van der Waals surface area contributed by atoms with Gasteiger partial charge < -0.3 is 9.64 Å². The lowest BCUT2D eigenvalue weighted by Gasteiger charge is -2.25. The summed E-state index contributed by atoms with van der Waals surface area (Å²) < 4.78 is 29.5. The van der Waals surface area contributed by atoms with Gasteiger partial charge in [0.25, 0.3) is 9.05 Å². The van der Waals surface area contributed by atoms with E-state index >= 15 is 0 Å². The normalized spacial score (nSPS) is 17.8. The van der Waals surface area contributed by atoms with Gasteiger partial charge in [-0.1, -0.05) is 50.1 Å². The van der Waals surface area contributed by atoms with Crippen LogP contribution in [0.5, 0.6) is 5.75 Å². The Morgan fingerprint density at radius 1 is 1.18 bits per heavy atom. The van der Waals surface area contributed by atoms with Crippen LogP contribution in [0.3, 0.4) is 0 Å². The van der Waals surface area contributed by atoms with Gasteiger partial charge in [0, 0.05) is 29.7 Å². The van der Waals surface area contributed by atoms with Gasteiger partial charge in [0.2, 0.25) is 0 Å². The Labute approximate surface area is 172 Å². The van der Waals surface area contributed by atoms with Crippen molar-refractivity contribution in [3.8, 4) is 5.75 Å². The third kappa shape index (κ3) is 4.88. The number of benzene rings is 2. The summed E-state index contributed by atoms with van der Waals surface area (Å²) in [5.74, 6) is 0.482. The van der Waals surface area contributed by atoms with E-state index in [-0.39, 0.29) is 10.8 Å². The largest absolute Gasteiger partial charge is 0.495 e. The molecule has 28 heavy (non-hydrogen) atoms. The Morgan fingerprint density at radius 3 is 2.57 bits per heavy atom. The fraction of sp³-hybridized carbons (Fsp3) is 0.455. The first-order valence-corrected chi connectivity index (χ1v) is 12.2. The van der Waals surface area contributed by atoms with Gasteiger partial charge in [0.05, 0.1) is 7.11 Å².